The number of nitrogens with zero attached hydrogens (tertiary/aromatic N) is 1. The molecule has 1 aromatic heterocycles. The van der Waals surface area contributed by atoms with E-state index >= 15 is 0 Å². The summed E-state index contributed by atoms with van der Waals surface area (Å²) in [5.41, 5.74) is 0. The van der Waals surface area contributed by atoms with Gasteiger partial charge in [-0.15, -0.1) is 11.3 Å². The number of hydrogen-bond acceptors (Lipinski definition) is 3. The van der Waals surface area contributed by atoms with E-state index in [2.05, 4.69) is 31.1 Å². The predicted molar refractivity (Wildman–Crippen MR) is 72.2 cm³/mol. The first-order chi connectivity index (χ1) is 7.76. The number of nitrogens with one attached hydrogen (secondary N) is 1. The van der Waals surface area contributed by atoms with Gasteiger partial charge in [0.2, 0.25) is 0 Å². The van der Waals surface area contributed by atoms with E-state index in [0.717, 1.165) is 13.0 Å². The number of aromatic nitrogens is 1. The summed E-state index contributed by atoms with van der Waals surface area (Å²) in [6.45, 7) is 7.70. The zero-order chi connectivity index (χ0) is 11.8. The van der Waals surface area contributed by atoms with Gasteiger partial charge in [0.15, 0.2) is 0 Å². The van der Waals surface area contributed by atoms with Gasteiger partial charge in [0.25, 0.3) is 0 Å². The summed E-state index contributed by atoms with van der Waals surface area (Å²) < 4.78 is 0. The Hall–Kier alpha value is -0.410. The van der Waals surface area contributed by atoms with E-state index in [4.69, 9.17) is 0 Å². The van der Waals surface area contributed by atoms with Crippen LogP contribution >= 0.6 is 11.3 Å². The summed E-state index contributed by atoms with van der Waals surface area (Å²) in [4.78, 5) is 5.69. The molecule has 0 amide bonds. The van der Waals surface area contributed by atoms with Crippen LogP contribution in [-0.2, 0) is 6.42 Å². The van der Waals surface area contributed by atoms with Crippen molar-refractivity contribution >= 4 is 11.3 Å². The Morgan fingerprint density at radius 3 is 2.81 bits per heavy atom. The van der Waals surface area contributed by atoms with Crippen molar-refractivity contribution in [3.63, 3.8) is 0 Å². The van der Waals surface area contributed by atoms with Gasteiger partial charge < -0.3 is 5.32 Å². The van der Waals surface area contributed by atoms with E-state index in [1.165, 1.54) is 35.6 Å². The molecule has 0 aliphatic carbocycles. The molecule has 2 nitrogen and oxygen atoms in total. The highest BCUT2D eigenvalue weighted by Gasteiger charge is 2.05. The monoisotopic (exact) mass is 240 g/mol. The van der Waals surface area contributed by atoms with E-state index in [1.54, 1.807) is 0 Å². The molecule has 16 heavy (non-hydrogen) atoms. The molecule has 1 atom stereocenters. The second-order valence-corrected chi connectivity index (χ2v) is 5.64. The molecule has 1 unspecified atom stereocenters. The lowest BCUT2D eigenvalue weighted by Gasteiger charge is -2.15. The topological polar surface area (TPSA) is 24.9 Å². The molecule has 1 aromatic rings. The number of aryl methyl sites for hydroxylation is 1. The highest BCUT2D eigenvalue weighted by Crippen LogP contribution is 2.11. The van der Waals surface area contributed by atoms with Gasteiger partial charge in [-0.25, -0.2) is 4.98 Å². The zero-order valence-electron chi connectivity index (χ0n) is 10.8. The van der Waals surface area contributed by atoms with Gasteiger partial charge in [0.05, 0.1) is 5.01 Å². The van der Waals surface area contributed by atoms with E-state index < -0.39 is 0 Å². The SMILES string of the molecule is CCCCC(CC)NCCc1ncc(C)s1. The maximum atomic E-state index is 4.38. The fourth-order valence-corrected chi connectivity index (χ4v) is 2.59. The summed E-state index contributed by atoms with van der Waals surface area (Å²) >= 11 is 1.81. The highest BCUT2D eigenvalue weighted by atomic mass is 32.1. The minimum atomic E-state index is 0.695. The van der Waals surface area contributed by atoms with Crippen LogP contribution in [0.1, 0.15) is 49.4 Å². The fraction of sp³-hybridized carbons (Fsp3) is 0.769. The van der Waals surface area contributed by atoms with Crippen molar-refractivity contribution in [3.8, 4) is 0 Å². The summed E-state index contributed by atoms with van der Waals surface area (Å²) in [6.07, 6.45) is 8.21. The summed E-state index contributed by atoms with van der Waals surface area (Å²) in [7, 11) is 0. The van der Waals surface area contributed by atoms with E-state index in [1.807, 2.05) is 17.5 Å². The van der Waals surface area contributed by atoms with Crippen LogP contribution in [0.5, 0.6) is 0 Å². The van der Waals surface area contributed by atoms with Crippen LogP contribution in [0.25, 0.3) is 0 Å². The van der Waals surface area contributed by atoms with E-state index in [-0.39, 0.29) is 0 Å². The normalized spacial score (nSPS) is 12.9. The van der Waals surface area contributed by atoms with Gasteiger partial charge in [-0.3, -0.25) is 0 Å². The average Bonchev–Trinajstić information content (AvgIpc) is 2.69. The lowest BCUT2D eigenvalue weighted by atomic mass is 10.1. The van der Waals surface area contributed by atoms with Crippen molar-refractivity contribution < 1.29 is 0 Å². The highest BCUT2D eigenvalue weighted by molar-refractivity contribution is 7.11. The minimum Gasteiger partial charge on any atom is -0.314 e. The Balaban J connectivity index is 2.17. The molecule has 0 aliphatic rings. The number of unbranched alkanes of at least 4 members (excludes halogenated alkanes) is 1. The lowest BCUT2D eigenvalue weighted by Crippen LogP contribution is -2.30. The van der Waals surface area contributed by atoms with Crippen LogP contribution in [-0.4, -0.2) is 17.6 Å². The molecule has 0 spiro atoms. The maximum absolute atomic E-state index is 4.38. The van der Waals surface area contributed by atoms with Gasteiger partial charge in [-0.1, -0.05) is 26.7 Å². The predicted octanol–water partition coefficient (Wildman–Crippen LogP) is 3.55. The number of thiazole rings is 1. The second-order valence-electron chi connectivity index (χ2n) is 4.32. The Morgan fingerprint density at radius 2 is 2.25 bits per heavy atom. The van der Waals surface area contributed by atoms with E-state index in [9.17, 15) is 0 Å². The van der Waals surface area contributed by atoms with Crippen LogP contribution in [0.4, 0.5) is 0 Å². The molecule has 0 saturated heterocycles. The number of rotatable bonds is 8. The first-order valence-corrected chi connectivity index (χ1v) is 7.22. The Labute approximate surface area is 103 Å². The Kier molecular flexibility index (Phi) is 6.65. The van der Waals surface area contributed by atoms with Gasteiger partial charge in [0.1, 0.15) is 0 Å². The molecule has 1 rings (SSSR count). The van der Waals surface area contributed by atoms with Gasteiger partial charge in [0, 0.05) is 30.1 Å². The summed E-state index contributed by atoms with van der Waals surface area (Å²) in [6, 6.07) is 0.695. The van der Waals surface area contributed by atoms with Crippen molar-refractivity contribution in [2.75, 3.05) is 6.54 Å². The minimum absolute atomic E-state index is 0.695. The molecule has 92 valence electrons. The van der Waals surface area contributed by atoms with Crippen LogP contribution in [0.15, 0.2) is 6.20 Å². The summed E-state index contributed by atoms with van der Waals surface area (Å²) in [5.74, 6) is 0. The first-order valence-electron chi connectivity index (χ1n) is 6.41. The quantitative estimate of drug-likeness (QED) is 0.751. The van der Waals surface area contributed by atoms with Crippen LogP contribution in [0, 0.1) is 6.92 Å². The lowest BCUT2D eigenvalue weighted by molar-refractivity contribution is 0.456. The van der Waals surface area contributed by atoms with Gasteiger partial charge in [-0.05, 0) is 19.8 Å². The first kappa shape index (κ1) is 13.7. The zero-order valence-corrected chi connectivity index (χ0v) is 11.6. The largest absolute Gasteiger partial charge is 0.314 e. The van der Waals surface area contributed by atoms with Crippen molar-refractivity contribution in [1.29, 1.82) is 0 Å². The smallest absolute Gasteiger partial charge is 0.0940 e. The van der Waals surface area contributed by atoms with Gasteiger partial charge in [-0.2, -0.15) is 0 Å². The Bertz CT molecular complexity index is 283. The van der Waals surface area contributed by atoms with E-state index in [0.29, 0.717) is 6.04 Å². The molecule has 0 aliphatic heterocycles. The summed E-state index contributed by atoms with van der Waals surface area (Å²) in [5, 5.41) is 4.89. The third-order valence-corrected chi connectivity index (χ3v) is 3.81. The standard InChI is InChI=1S/C13H24N2S/c1-4-6-7-12(5-2)14-9-8-13-15-10-11(3)16-13/h10,12,14H,4-9H2,1-3H3. The van der Waals surface area contributed by atoms with Gasteiger partial charge >= 0.3 is 0 Å². The molecule has 0 saturated carbocycles. The van der Waals surface area contributed by atoms with Crippen LogP contribution in [0.2, 0.25) is 0 Å². The molecular weight excluding hydrogens is 216 g/mol. The van der Waals surface area contributed by atoms with Crippen LogP contribution in [0.3, 0.4) is 0 Å². The molecule has 0 aromatic carbocycles. The maximum Gasteiger partial charge on any atom is 0.0940 e. The van der Waals surface area contributed by atoms with Crippen molar-refractivity contribution in [1.82, 2.24) is 10.3 Å². The molecule has 0 bridgehead atoms. The third-order valence-electron chi connectivity index (χ3n) is 2.84. The van der Waals surface area contributed by atoms with Crippen molar-refractivity contribution in [3.05, 3.63) is 16.1 Å². The number of hydrogen-bond donors (Lipinski definition) is 1. The van der Waals surface area contributed by atoms with Crippen molar-refractivity contribution in [2.45, 2.75) is 58.9 Å². The fourth-order valence-electron chi connectivity index (χ4n) is 1.80. The average molecular weight is 240 g/mol. The molecule has 0 fully saturated rings. The second kappa shape index (κ2) is 7.80. The molecule has 0 radical (unpaired) electrons. The Morgan fingerprint density at radius 1 is 1.44 bits per heavy atom. The van der Waals surface area contributed by atoms with Crippen molar-refractivity contribution in [2.24, 2.45) is 0 Å². The third kappa shape index (κ3) is 5.08. The molecule has 1 N–H and O–H groups in total. The molecule has 3 heteroatoms. The van der Waals surface area contributed by atoms with Crippen LogP contribution < -0.4 is 5.32 Å². The molecule has 1 heterocycles. The molecular formula is C13H24N2S.